The Morgan fingerprint density at radius 2 is 2.08 bits per heavy atom. The molecule has 2 aromatic rings. The Kier molecular flexibility index (Phi) is 4.96. The molecule has 1 saturated heterocycles. The van der Waals surface area contributed by atoms with Crippen molar-refractivity contribution in [2.75, 3.05) is 31.6 Å². The van der Waals surface area contributed by atoms with Crippen LogP contribution in [0.2, 0.25) is 0 Å². The van der Waals surface area contributed by atoms with E-state index in [1.165, 1.54) is 0 Å². The topological polar surface area (TPSA) is 76.5 Å². The monoisotopic (exact) mass is 348 g/mol. The van der Waals surface area contributed by atoms with Gasteiger partial charge in [0.2, 0.25) is 5.91 Å². The summed E-state index contributed by atoms with van der Waals surface area (Å²) in [6.45, 7) is 6.46. The minimum absolute atomic E-state index is 0.00332. The normalized spacial score (nSPS) is 14.7. The molecule has 3 heterocycles. The van der Waals surface area contributed by atoms with Gasteiger partial charge in [0.25, 0.3) is 5.91 Å². The number of aromatic nitrogens is 2. The van der Waals surface area contributed by atoms with E-state index in [2.05, 4.69) is 10.4 Å². The fourth-order valence-electron chi connectivity index (χ4n) is 2.50. The van der Waals surface area contributed by atoms with Crippen LogP contribution in [-0.4, -0.2) is 52.8 Å². The lowest BCUT2D eigenvalue weighted by Gasteiger charge is -2.26. The maximum atomic E-state index is 12.3. The summed E-state index contributed by atoms with van der Waals surface area (Å²) < 4.78 is 6.78. The summed E-state index contributed by atoms with van der Waals surface area (Å²) in [5, 5.41) is 8.83. The molecule has 0 bridgehead atoms. The van der Waals surface area contributed by atoms with Crippen LogP contribution in [0.4, 0.5) is 5.69 Å². The van der Waals surface area contributed by atoms with Crippen molar-refractivity contribution in [1.82, 2.24) is 14.7 Å². The third kappa shape index (κ3) is 3.65. The van der Waals surface area contributed by atoms with Crippen molar-refractivity contribution < 1.29 is 14.3 Å². The number of anilines is 1. The number of hydrogen-bond acceptors (Lipinski definition) is 5. The molecule has 0 radical (unpaired) electrons. The number of carbonyl (C=O) groups is 2. The van der Waals surface area contributed by atoms with E-state index in [1.54, 1.807) is 33.3 Å². The van der Waals surface area contributed by atoms with Gasteiger partial charge < -0.3 is 15.0 Å². The van der Waals surface area contributed by atoms with Crippen molar-refractivity contribution in [2.24, 2.45) is 0 Å². The molecule has 0 atom stereocenters. The molecule has 8 heteroatoms. The molecule has 24 heavy (non-hydrogen) atoms. The molecule has 1 fully saturated rings. The first-order valence-corrected chi connectivity index (χ1v) is 8.66. The molecule has 1 aliphatic rings. The van der Waals surface area contributed by atoms with Gasteiger partial charge in [0.05, 0.1) is 30.7 Å². The number of nitrogens with one attached hydrogen (secondary N) is 1. The molecule has 7 nitrogen and oxygen atoms in total. The van der Waals surface area contributed by atoms with Gasteiger partial charge in [0, 0.05) is 29.5 Å². The summed E-state index contributed by atoms with van der Waals surface area (Å²) in [5.41, 5.74) is 2.25. The Balaban J connectivity index is 1.60. The van der Waals surface area contributed by atoms with Crippen molar-refractivity contribution in [3.63, 3.8) is 0 Å². The summed E-state index contributed by atoms with van der Waals surface area (Å²) in [6.07, 6.45) is 3.23. The van der Waals surface area contributed by atoms with E-state index >= 15 is 0 Å². The smallest absolute Gasteiger partial charge is 0.256 e. The van der Waals surface area contributed by atoms with Gasteiger partial charge in [0.15, 0.2) is 0 Å². The molecular formula is C16H20N4O3S. The van der Waals surface area contributed by atoms with Crippen molar-refractivity contribution in [1.29, 1.82) is 0 Å². The van der Waals surface area contributed by atoms with Gasteiger partial charge in [-0.15, -0.1) is 11.3 Å². The van der Waals surface area contributed by atoms with Gasteiger partial charge in [0.1, 0.15) is 6.54 Å². The number of ether oxygens (including phenoxy) is 1. The lowest BCUT2D eigenvalue weighted by Crippen LogP contribution is -2.42. The third-order valence-corrected chi connectivity index (χ3v) is 5.10. The van der Waals surface area contributed by atoms with Crippen molar-refractivity contribution in [2.45, 2.75) is 20.4 Å². The summed E-state index contributed by atoms with van der Waals surface area (Å²) >= 11 is 1.56. The maximum absolute atomic E-state index is 12.3. The predicted octanol–water partition coefficient (Wildman–Crippen LogP) is 1.67. The maximum Gasteiger partial charge on any atom is 0.256 e. The van der Waals surface area contributed by atoms with Crippen LogP contribution in [0.3, 0.4) is 0 Å². The van der Waals surface area contributed by atoms with E-state index in [1.807, 2.05) is 19.2 Å². The Hall–Kier alpha value is -2.19. The predicted molar refractivity (Wildman–Crippen MR) is 91.4 cm³/mol. The Morgan fingerprint density at radius 1 is 1.33 bits per heavy atom. The molecule has 0 aromatic carbocycles. The number of nitrogens with zero attached hydrogens (tertiary/aromatic N) is 3. The molecule has 0 saturated carbocycles. The Bertz CT molecular complexity index is 746. The lowest BCUT2D eigenvalue weighted by atomic mass is 10.1. The van der Waals surface area contributed by atoms with E-state index < -0.39 is 0 Å². The minimum atomic E-state index is -0.157. The second-order valence-corrected chi connectivity index (χ2v) is 6.79. The van der Waals surface area contributed by atoms with Gasteiger partial charge in [-0.2, -0.15) is 5.10 Å². The van der Waals surface area contributed by atoms with Crippen molar-refractivity contribution in [3.05, 3.63) is 33.8 Å². The van der Waals surface area contributed by atoms with Gasteiger partial charge in [-0.1, -0.05) is 0 Å². The van der Waals surface area contributed by atoms with Crippen LogP contribution in [0.15, 0.2) is 17.8 Å². The van der Waals surface area contributed by atoms with E-state index in [4.69, 9.17) is 4.74 Å². The van der Waals surface area contributed by atoms with E-state index in [-0.39, 0.29) is 18.4 Å². The number of aryl methyl sites for hydroxylation is 1. The average molecular weight is 348 g/mol. The number of morpholine rings is 1. The second kappa shape index (κ2) is 7.14. The van der Waals surface area contributed by atoms with Gasteiger partial charge >= 0.3 is 0 Å². The van der Waals surface area contributed by atoms with Crippen molar-refractivity contribution >= 4 is 28.8 Å². The highest BCUT2D eigenvalue weighted by Gasteiger charge is 2.18. The first kappa shape index (κ1) is 16.7. The van der Waals surface area contributed by atoms with Crippen molar-refractivity contribution in [3.8, 4) is 0 Å². The number of rotatable bonds is 4. The van der Waals surface area contributed by atoms with E-state index in [0.717, 1.165) is 10.4 Å². The molecular weight excluding hydrogens is 328 g/mol. The average Bonchev–Trinajstić information content (AvgIpc) is 3.15. The molecule has 0 aliphatic carbocycles. The first-order chi connectivity index (χ1) is 11.5. The van der Waals surface area contributed by atoms with Crippen LogP contribution >= 0.6 is 11.3 Å². The lowest BCUT2D eigenvalue weighted by molar-refractivity contribution is -0.136. The van der Waals surface area contributed by atoms with E-state index in [0.29, 0.717) is 37.6 Å². The Morgan fingerprint density at radius 3 is 2.75 bits per heavy atom. The highest BCUT2D eigenvalue weighted by molar-refractivity contribution is 7.10. The summed E-state index contributed by atoms with van der Waals surface area (Å²) in [7, 11) is 0. The Labute approximate surface area is 144 Å². The van der Waals surface area contributed by atoms with Crippen LogP contribution in [0.5, 0.6) is 0 Å². The molecule has 2 aromatic heterocycles. The molecule has 1 aliphatic heterocycles. The standard InChI is InChI=1S/C16H20N4O3S/c1-11-12(2)24-10-14(11)16(22)18-13-7-17-20(8-13)9-15(21)19-3-5-23-6-4-19/h7-8,10H,3-6,9H2,1-2H3,(H,18,22). The highest BCUT2D eigenvalue weighted by Crippen LogP contribution is 2.21. The third-order valence-electron chi connectivity index (χ3n) is 4.08. The second-order valence-electron chi connectivity index (χ2n) is 5.70. The van der Waals surface area contributed by atoms with Crippen LogP contribution in [0.25, 0.3) is 0 Å². The molecule has 0 spiro atoms. The number of amides is 2. The summed E-state index contributed by atoms with van der Waals surface area (Å²) in [6, 6.07) is 0. The van der Waals surface area contributed by atoms with Crippen LogP contribution in [0.1, 0.15) is 20.8 Å². The molecule has 1 N–H and O–H groups in total. The largest absolute Gasteiger partial charge is 0.378 e. The van der Waals surface area contributed by atoms with Gasteiger partial charge in [-0.3, -0.25) is 14.3 Å². The zero-order valence-electron chi connectivity index (χ0n) is 13.7. The van der Waals surface area contributed by atoms with Crippen LogP contribution < -0.4 is 5.32 Å². The number of thiophene rings is 1. The quantitative estimate of drug-likeness (QED) is 0.912. The zero-order chi connectivity index (χ0) is 17.1. The summed E-state index contributed by atoms with van der Waals surface area (Å²) in [5.74, 6) is -0.153. The minimum Gasteiger partial charge on any atom is -0.378 e. The fourth-order valence-corrected chi connectivity index (χ4v) is 3.37. The fraction of sp³-hybridized carbons (Fsp3) is 0.438. The number of carbonyl (C=O) groups excluding carboxylic acids is 2. The SMILES string of the molecule is Cc1scc(C(=O)Nc2cnn(CC(=O)N3CCOCC3)c2)c1C. The first-order valence-electron chi connectivity index (χ1n) is 7.78. The van der Waals surface area contributed by atoms with Gasteiger partial charge in [-0.25, -0.2) is 0 Å². The van der Waals surface area contributed by atoms with Crippen LogP contribution in [-0.2, 0) is 16.1 Å². The molecule has 3 rings (SSSR count). The van der Waals surface area contributed by atoms with Gasteiger partial charge in [-0.05, 0) is 19.4 Å². The molecule has 0 unspecified atom stereocenters. The molecule has 2 amide bonds. The molecule has 128 valence electrons. The van der Waals surface area contributed by atoms with E-state index in [9.17, 15) is 9.59 Å². The van der Waals surface area contributed by atoms with Crippen LogP contribution in [0, 0.1) is 13.8 Å². The summed E-state index contributed by atoms with van der Waals surface area (Å²) in [4.78, 5) is 27.4. The zero-order valence-corrected chi connectivity index (χ0v) is 14.6. The highest BCUT2D eigenvalue weighted by atomic mass is 32.1. The number of hydrogen-bond donors (Lipinski definition) is 1.